The number of hydrogen-bond donors (Lipinski definition) is 2. The van der Waals surface area contributed by atoms with Crippen LogP contribution in [0.2, 0.25) is 0 Å². The number of rotatable bonds is 6. The predicted octanol–water partition coefficient (Wildman–Crippen LogP) is 4.54. The number of nitrogens with zero attached hydrogens (tertiary/aromatic N) is 1. The number of benzene rings is 3. The van der Waals surface area contributed by atoms with E-state index in [-0.39, 0.29) is 17.9 Å². The van der Waals surface area contributed by atoms with E-state index in [9.17, 15) is 22.8 Å². The maximum absolute atomic E-state index is 13.2. The van der Waals surface area contributed by atoms with Crippen molar-refractivity contribution in [3.8, 4) is 11.1 Å². The summed E-state index contributed by atoms with van der Waals surface area (Å²) >= 11 is 0. The van der Waals surface area contributed by atoms with Crippen LogP contribution >= 0.6 is 0 Å². The first-order chi connectivity index (χ1) is 18.3. The van der Waals surface area contributed by atoms with Gasteiger partial charge in [-0.15, -0.1) is 0 Å². The van der Waals surface area contributed by atoms with Gasteiger partial charge >= 0.3 is 6.18 Å². The Hall–Kier alpha value is -3.69. The van der Waals surface area contributed by atoms with Crippen LogP contribution in [-0.2, 0) is 28.5 Å². The molecule has 0 bridgehead atoms. The van der Waals surface area contributed by atoms with Crippen molar-refractivity contribution in [1.29, 1.82) is 0 Å². The normalized spacial score (nSPS) is 17.6. The fourth-order valence-electron chi connectivity index (χ4n) is 5.00. The Labute approximate surface area is 218 Å². The Morgan fingerprint density at radius 2 is 1.63 bits per heavy atom. The van der Waals surface area contributed by atoms with Crippen molar-refractivity contribution in [2.75, 3.05) is 38.2 Å². The van der Waals surface area contributed by atoms with Gasteiger partial charge in [0.15, 0.2) is 0 Å². The van der Waals surface area contributed by atoms with Crippen LogP contribution in [0.1, 0.15) is 27.0 Å². The molecule has 1 saturated heterocycles. The minimum atomic E-state index is -4.42. The number of nitrogens with one attached hydrogen (secondary N) is 2. The fraction of sp³-hybridized carbons (Fsp3) is 0.310. The van der Waals surface area contributed by atoms with Crippen LogP contribution in [0.4, 0.5) is 18.9 Å². The molecule has 0 spiro atoms. The number of amides is 2. The van der Waals surface area contributed by atoms with E-state index in [1.807, 2.05) is 18.2 Å². The van der Waals surface area contributed by atoms with Gasteiger partial charge in [0.25, 0.3) is 5.91 Å². The van der Waals surface area contributed by atoms with Crippen LogP contribution in [0.5, 0.6) is 0 Å². The first-order valence-electron chi connectivity index (χ1n) is 12.6. The Morgan fingerprint density at radius 3 is 2.37 bits per heavy atom. The van der Waals surface area contributed by atoms with E-state index in [1.165, 1.54) is 12.1 Å². The average Bonchev–Trinajstić information content (AvgIpc) is 3.30. The summed E-state index contributed by atoms with van der Waals surface area (Å²) in [5, 5.41) is 6.04. The third kappa shape index (κ3) is 6.06. The molecular weight excluding hydrogens is 495 g/mol. The van der Waals surface area contributed by atoms with Crippen LogP contribution in [0.25, 0.3) is 11.1 Å². The molecule has 1 fully saturated rings. The zero-order valence-electron chi connectivity index (χ0n) is 20.7. The summed E-state index contributed by atoms with van der Waals surface area (Å²) in [6, 6.07) is 17.3. The molecule has 2 amide bonds. The second-order valence-electron chi connectivity index (χ2n) is 9.62. The molecule has 9 heteroatoms. The van der Waals surface area contributed by atoms with E-state index in [1.54, 1.807) is 24.3 Å². The van der Waals surface area contributed by atoms with Gasteiger partial charge in [0.05, 0.1) is 25.3 Å². The molecule has 2 N–H and O–H groups in total. The van der Waals surface area contributed by atoms with Gasteiger partial charge in [0.1, 0.15) is 0 Å². The van der Waals surface area contributed by atoms with Crippen molar-refractivity contribution in [3.63, 3.8) is 0 Å². The number of ether oxygens (including phenoxy) is 1. The monoisotopic (exact) mass is 523 g/mol. The van der Waals surface area contributed by atoms with Crippen LogP contribution in [-0.4, -0.2) is 55.6 Å². The average molecular weight is 524 g/mol. The summed E-state index contributed by atoms with van der Waals surface area (Å²) in [7, 11) is 0. The van der Waals surface area contributed by atoms with Crippen molar-refractivity contribution < 1.29 is 27.5 Å². The number of fused-ring (bicyclic) bond motifs is 1. The van der Waals surface area contributed by atoms with Crippen molar-refractivity contribution in [3.05, 3.63) is 89.0 Å². The summed E-state index contributed by atoms with van der Waals surface area (Å²) in [6.07, 6.45) is -3.02. The van der Waals surface area contributed by atoms with E-state index in [2.05, 4.69) is 15.5 Å². The van der Waals surface area contributed by atoms with Crippen molar-refractivity contribution >= 4 is 17.5 Å². The largest absolute Gasteiger partial charge is 0.416 e. The van der Waals surface area contributed by atoms with Crippen LogP contribution in [0, 0.1) is 0 Å². The molecule has 1 heterocycles. The smallest absolute Gasteiger partial charge is 0.379 e. The highest BCUT2D eigenvalue weighted by molar-refractivity contribution is 6.08. The minimum Gasteiger partial charge on any atom is -0.379 e. The lowest BCUT2D eigenvalue weighted by Crippen LogP contribution is -2.46. The number of carbonyl (C=O) groups is 2. The SMILES string of the molecule is O=C(CN1CCOCC1)NC1Cc2ccc(NC(=O)c3ccccc3-c3ccc(C(F)(F)F)cc3)cc2C1. The van der Waals surface area contributed by atoms with Crippen molar-refractivity contribution in [2.45, 2.75) is 25.1 Å². The van der Waals surface area contributed by atoms with Gasteiger partial charge < -0.3 is 15.4 Å². The molecule has 5 rings (SSSR count). The molecule has 38 heavy (non-hydrogen) atoms. The first-order valence-corrected chi connectivity index (χ1v) is 12.6. The summed E-state index contributed by atoms with van der Waals surface area (Å²) in [5.74, 6) is -0.355. The van der Waals surface area contributed by atoms with Gasteiger partial charge in [0.2, 0.25) is 5.91 Å². The van der Waals surface area contributed by atoms with Crippen LogP contribution in [0.3, 0.4) is 0 Å². The van der Waals surface area contributed by atoms with Crippen LogP contribution in [0.15, 0.2) is 66.7 Å². The molecule has 6 nitrogen and oxygen atoms in total. The molecule has 0 aromatic heterocycles. The van der Waals surface area contributed by atoms with Gasteiger partial charge in [-0.1, -0.05) is 36.4 Å². The maximum atomic E-state index is 13.2. The highest BCUT2D eigenvalue weighted by Crippen LogP contribution is 2.32. The highest BCUT2D eigenvalue weighted by Gasteiger charge is 2.30. The zero-order valence-corrected chi connectivity index (χ0v) is 20.7. The van der Waals surface area contributed by atoms with E-state index in [0.29, 0.717) is 48.6 Å². The summed E-state index contributed by atoms with van der Waals surface area (Å²) < 4.78 is 44.2. The van der Waals surface area contributed by atoms with Gasteiger partial charge in [-0.05, 0) is 65.4 Å². The number of anilines is 1. The Morgan fingerprint density at radius 1 is 0.921 bits per heavy atom. The highest BCUT2D eigenvalue weighted by atomic mass is 19.4. The molecule has 1 aliphatic carbocycles. The second kappa shape index (κ2) is 11.0. The van der Waals surface area contributed by atoms with E-state index < -0.39 is 11.7 Å². The van der Waals surface area contributed by atoms with E-state index in [0.717, 1.165) is 42.8 Å². The maximum Gasteiger partial charge on any atom is 0.416 e. The molecule has 1 unspecified atom stereocenters. The van der Waals surface area contributed by atoms with Crippen molar-refractivity contribution in [1.82, 2.24) is 10.2 Å². The molecule has 1 aliphatic heterocycles. The molecule has 2 aliphatic rings. The van der Waals surface area contributed by atoms with Gasteiger partial charge in [-0.3, -0.25) is 14.5 Å². The molecular formula is C29H28F3N3O3. The standard InChI is InChI=1S/C29H28F3N3O3/c30-29(31,32)22-8-5-19(6-9-22)25-3-1-2-4-26(25)28(37)34-23-10-7-20-15-24(17-21(20)16-23)33-27(36)18-35-11-13-38-14-12-35/h1-10,16,24H,11-15,17-18H2,(H,33,36)(H,34,37). The summed E-state index contributed by atoms with van der Waals surface area (Å²) in [6.45, 7) is 3.15. The lowest BCUT2D eigenvalue weighted by atomic mass is 9.98. The molecule has 198 valence electrons. The second-order valence-corrected chi connectivity index (χ2v) is 9.62. The first kappa shape index (κ1) is 25.9. The minimum absolute atomic E-state index is 0.00175. The molecule has 0 radical (unpaired) electrons. The number of hydrogen-bond acceptors (Lipinski definition) is 4. The Balaban J connectivity index is 1.23. The predicted molar refractivity (Wildman–Crippen MR) is 138 cm³/mol. The Bertz CT molecular complexity index is 1320. The lowest BCUT2D eigenvalue weighted by molar-refractivity contribution is -0.137. The van der Waals surface area contributed by atoms with E-state index in [4.69, 9.17) is 4.74 Å². The summed E-state index contributed by atoms with van der Waals surface area (Å²) in [5.41, 5.74) is 3.51. The zero-order chi connectivity index (χ0) is 26.7. The topological polar surface area (TPSA) is 70.7 Å². The third-order valence-corrected chi connectivity index (χ3v) is 6.93. The fourth-order valence-corrected chi connectivity index (χ4v) is 5.00. The van der Waals surface area contributed by atoms with Crippen LogP contribution < -0.4 is 10.6 Å². The van der Waals surface area contributed by atoms with Gasteiger partial charge in [-0.25, -0.2) is 0 Å². The van der Waals surface area contributed by atoms with E-state index >= 15 is 0 Å². The number of halogens is 3. The number of carbonyl (C=O) groups excluding carboxylic acids is 2. The van der Waals surface area contributed by atoms with Crippen molar-refractivity contribution in [2.24, 2.45) is 0 Å². The quantitative estimate of drug-likeness (QED) is 0.498. The molecule has 0 saturated carbocycles. The molecule has 3 aromatic rings. The number of morpholine rings is 1. The number of alkyl halides is 3. The Kier molecular flexibility index (Phi) is 7.49. The molecule has 3 aromatic carbocycles. The third-order valence-electron chi connectivity index (χ3n) is 6.93. The molecule has 1 atom stereocenters. The van der Waals surface area contributed by atoms with Gasteiger partial charge in [-0.2, -0.15) is 13.2 Å². The lowest BCUT2D eigenvalue weighted by Gasteiger charge is -2.26. The van der Waals surface area contributed by atoms with Gasteiger partial charge in [0, 0.05) is 30.4 Å². The summed E-state index contributed by atoms with van der Waals surface area (Å²) in [4.78, 5) is 27.8.